The normalized spacial score (nSPS) is 13.1. The first-order valence-electron chi connectivity index (χ1n) is 9.11. The van der Waals surface area contributed by atoms with Crippen LogP contribution in [0.15, 0.2) is 103 Å². The van der Waals surface area contributed by atoms with Gasteiger partial charge in [0.1, 0.15) is 0 Å². The zero-order valence-electron chi connectivity index (χ0n) is 15.8. The molecular weight excluding hydrogens is 333 g/mol. The second-order valence-corrected chi connectivity index (χ2v) is 6.31. The van der Waals surface area contributed by atoms with Crippen molar-refractivity contribution in [2.45, 2.75) is 26.2 Å². The van der Waals surface area contributed by atoms with Crippen LogP contribution in [0.25, 0.3) is 11.5 Å². The van der Waals surface area contributed by atoms with E-state index in [1.807, 2.05) is 36.4 Å². The fourth-order valence-corrected chi connectivity index (χ4v) is 2.51. The van der Waals surface area contributed by atoms with Crippen LogP contribution in [0.2, 0.25) is 0 Å². The van der Waals surface area contributed by atoms with E-state index in [0.717, 1.165) is 5.56 Å². The molecule has 2 aromatic rings. The maximum Gasteiger partial charge on any atom is 0.154 e. The average Bonchev–Trinajstić information content (AvgIpc) is 2.74. The van der Waals surface area contributed by atoms with E-state index in [9.17, 15) is 4.39 Å². The largest absolute Gasteiger partial charge is 0.353 e. The Bertz CT molecular complexity index is 846. The summed E-state index contributed by atoms with van der Waals surface area (Å²) < 4.78 is 14.6. The summed E-state index contributed by atoms with van der Waals surface area (Å²) in [6, 6.07) is 18.5. The Hall–Kier alpha value is -3.09. The number of rotatable bonds is 5. The van der Waals surface area contributed by atoms with Crippen molar-refractivity contribution in [2.24, 2.45) is 0 Å². The Morgan fingerprint density at radius 2 is 1.41 bits per heavy atom. The Labute approximate surface area is 162 Å². The van der Waals surface area contributed by atoms with Crippen LogP contribution in [-0.2, 0) is 0 Å². The van der Waals surface area contributed by atoms with Crippen molar-refractivity contribution in [3.63, 3.8) is 0 Å². The van der Waals surface area contributed by atoms with Crippen LogP contribution >= 0.6 is 0 Å². The average molecular weight is 359 g/mol. The van der Waals surface area contributed by atoms with Gasteiger partial charge in [0.25, 0.3) is 0 Å². The number of nitrogens with one attached hydrogen (secondary N) is 1. The highest BCUT2D eigenvalue weighted by atomic mass is 19.1. The standard InChI is InChI=1S/C19H18FN.C6H8/c1-14(2)19(18(20)17-12-8-5-9-13-17)21-15(3)16-10-6-4-7-11-16;1-2-4-6-5-3-1/h4-13,21H,1,3H2,2H3;1,5H,2,4,6H2/b19-18+;. The van der Waals surface area contributed by atoms with Crippen molar-refractivity contribution in [2.75, 3.05) is 0 Å². The van der Waals surface area contributed by atoms with Gasteiger partial charge in [0.2, 0.25) is 0 Å². The molecule has 2 heteroatoms. The Morgan fingerprint density at radius 3 is 1.81 bits per heavy atom. The summed E-state index contributed by atoms with van der Waals surface area (Å²) in [5.74, 6) is -0.333. The molecule has 0 saturated heterocycles. The molecule has 0 spiro atoms. The van der Waals surface area contributed by atoms with Gasteiger partial charge in [0, 0.05) is 11.3 Å². The monoisotopic (exact) mass is 359 g/mol. The molecule has 0 aromatic heterocycles. The molecule has 0 amide bonds. The molecule has 2 aromatic carbocycles. The Morgan fingerprint density at radius 1 is 0.889 bits per heavy atom. The van der Waals surface area contributed by atoms with Crippen molar-refractivity contribution in [3.05, 3.63) is 114 Å². The topological polar surface area (TPSA) is 12.0 Å². The maximum absolute atomic E-state index is 14.6. The van der Waals surface area contributed by atoms with E-state index in [0.29, 0.717) is 22.5 Å². The van der Waals surface area contributed by atoms with Crippen LogP contribution in [-0.4, -0.2) is 0 Å². The number of benzene rings is 2. The van der Waals surface area contributed by atoms with Gasteiger partial charge in [-0.15, -0.1) is 5.73 Å². The molecule has 1 aliphatic rings. The molecule has 0 heterocycles. The van der Waals surface area contributed by atoms with Gasteiger partial charge in [-0.3, -0.25) is 0 Å². The van der Waals surface area contributed by atoms with E-state index in [1.165, 1.54) is 19.3 Å². The van der Waals surface area contributed by atoms with E-state index in [4.69, 9.17) is 0 Å². The highest BCUT2D eigenvalue weighted by Gasteiger charge is 2.11. The van der Waals surface area contributed by atoms with Crippen molar-refractivity contribution >= 4 is 11.5 Å². The summed E-state index contributed by atoms with van der Waals surface area (Å²) in [6.07, 6.45) is 7.97. The molecule has 1 aliphatic carbocycles. The molecule has 3 rings (SSSR count). The van der Waals surface area contributed by atoms with Crippen molar-refractivity contribution in [1.82, 2.24) is 5.32 Å². The van der Waals surface area contributed by atoms with Gasteiger partial charge in [-0.05, 0) is 49.5 Å². The predicted octanol–water partition coefficient (Wildman–Crippen LogP) is 7.04. The molecule has 0 atom stereocenters. The van der Waals surface area contributed by atoms with Crippen LogP contribution in [0.1, 0.15) is 37.3 Å². The van der Waals surface area contributed by atoms with Gasteiger partial charge in [-0.2, -0.15) is 0 Å². The van der Waals surface area contributed by atoms with Gasteiger partial charge in [0.05, 0.1) is 5.70 Å². The molecule has 0 saturated carbocycles. The highest BCUT2D eigenvalue weighted by Crippen LogP contribution is 2.24. The lowest BCUT2D eigenvalue weighted by Crippen LogP contribution is -2.13. The smallest absolute Gasteiger partial charge is 0.154 e. The molecule has 0 fully saturated rings. The summed E-state index contributed by atoms with van der Waals surface area (Å²) in [4.78, 5) is 0. The quantitative estimate of drug-likeness (QED) is 0.446. The summed E-state index contributed by atoms with van der Waals surface area (Å²) in [5.41, 5.74) is 6.08. The predicted molar refractivity (Wildman–Crippen MR) is 114 cm³/mol. The summed E-state index contributed by atoms with van der Waals surface area (Å²) >= 11 is 0. The second kappa shape index (κ2) is 10.8. The van der Waals surface area contributed by atoms with Crippen LogP contribution in [0.4, 0.5) is 4.39 Å². The summed E-state index contributed by atoms with van der Waals surface area (Å²) in [5, 5.41) is 3.04. The fraction of sp³-hybridized carbons (Fsp3) is 0.160. The van der Waals surface area contributed by atoms with Crippen LogP contribution < -0.4 is 5.32 Å². The first-order valence-corrected chi connectivity index (χ1v) is 9.11. The summed E-state index contributed by atoms with van der Waals surface area (Å²) in [6.45, 7) is 9.58. The van der Waals surface area contributed by atoms with Crippen molar-refractivity contribution in [1.29, 1.82) is 0 Å². The number of allylic oxidation sites excluding steroid dienone is 2. The van der Waals surface area contributed by atoms with E-state index in [1.54, 1.807) is 31.2 Å². The number of halogens is 1. The Kier molecular flexibility index (Phi) is 8.09. The third-order valence-electron chi connectivity index (χ3n) is 4.00. The number of hydrogen-bond acceptors (Lipinski definition) is 1. The van der Waals surface area contributed by atoms with Gasteiger partial charge in [-0.1, -0.05) is 73.8 Å². The molecule has 0 aliphatic heterocycles. The molecule has 0 bridgehead atoms. The lowest BCUT2D eigenvalue weighted by Gasteiger charge is -2.15. The third-order valence-corrected chi connectivity index (χ3v) is 4.00. The van der Waals surface area contributed by atoms with Crippen LogP contribution in [0, 0.1) is 0 Å². The lowest BCUT2D eigenvalue weighted by molar-refractivity contribution is 0.743. The first-order chi connectivity index (χ1) is 13.1. The molecule has 0 radical (unpaired) electrons. The SMILES string of the molecule is C1=CCCCC=1.C=C(C)/C(NC(=C)c1ccccc1)=C(\F)c1ccccc1. The molecule has 1 N–H and O–H groups in total. The zero-order chi connectivity index (χ0) is 19.5. The highest BCUT2D eigenvalue weighted by molar-refractivity contribution is 5.71. The third kappa shape index (κ3) is 6.62. The van der Waals surface area contributed by atoms with Crippen molar-refractivity contribution < 1.29 is 4.39 Å². The maximum atomic E-state index is 14.6. The van der Waals surface area contributed by atoms with Gasteiger partial charge >= 0.3 is 0 Å². The minimum atomic E-state index is -0.333. The van der Waals surface area contributed by atoms with E-state index in [-0.39, 0.29) is 5.83 Å². The molecule has 1 nitrogen and oxygen atoms in total. The van der Waals surface area contributed by atoms with Crippen molar-refractivity contribution in [3.8, 4) is 0 Å². The molecular formula is C25H26FN. The minimum Gasteiger partial charge on any atom is -0.353 e. The van der Waals surface area contributed by atoms with Gasteiger partial charge in [0.15, 0.2) is 5.83 Å². The first kappa shape index (κ1) is 20.2. The van der Waals surface area contributed by atoms with Gasteiger partial charge < -0.3 is 5.32 Å². The molecule has 0 unspecified atom stereocenters. The van der Waals surface area contributed by atoms with E-state index < -0.39 is 0 Å². The Balaban J connectivity index is 0.000000369. The van der Waals surface area contributed by atoms with Crippen LogP contribution in [0.3, 0.4) is 0 Å². The second-order valence-electron chi connectivity index (χ2n) is 6.31. The number of hydrogen-bond donors (Lipinski definition) is 1. The minimum absolute atomic E-state index is 0.333. The lowest BCUT2D eigenvalue weighted by atomic mass is 10.1. The van der Waals surface area contributed by atoms with E-state index in [2.05, 4.69) is 36.4 Å². The molecule has 138 valence electrons. The molecule has 27 heavy (non-hydrogen) atoms. The van der Waals surface area contributed by atoms with Crippen LogP contribution in [0.5, 0.6) is 0 Å². The van der Waals surface area contributed by atoms with Gasteiger partial charge in [-0.25, -0.2) is 4.39 Å². The zero-order valence-corrected chi connectivity index (χ0v) is 15.8. The summed E-state index contributed by atoms with van der Waals surface area (Å²) in [7, 11) is 0. The van der Waals surface area contributed by atoms with E-state index >= 15 is 0 Å². The fourth-order valence-electron chi connectivity index (χ4n) is 2.51.